The molecule has 0 bridgehead atoms. The zero-order valence-corrected chi connectivity index (χ0v) is 16.2. The Hall–Kier alpha value is -1.18. The summed E-state index contributed by atoms with van der Waals surface area (Å²) in [5.74, 6) is 0.887. The van der Waals surface area contributed by atoms with Gasteiger partial charge in [-0.05, 0) is 39.9 Å². The van der Waals surface area contributed by atoms with Crippen LogP contribution < -0.4 is 10.6 Å². The van der Waals surface area contributed by atoms with Gasteiger partial charge in [-0.2, -0.15) is 0 Å². The number of nitrogens with zero attached hydrogens (tertiary/aromatic N) is 4. The van der Waals surface area contributed by atoms with E-state index in [0.717, 1.165) is 50.1 Å². The van der Waals surface area contributed by atoms with Crippen LogP contribution in [0.25, 0.3) is 0 Å². The molecular weight excluding hydrogens is 320 g/mol. The number of rotatable bonds is 7. The molecule has 0 saturated carbocycles. The first-order chi connectivity index (χ1) is 11.7. The molecule has 1 aromatic heterocycles. The van der Waals surface area contributed by atoms with Gasteiger partial charge in [0.25, 0.3) is 0 Å². The molecule has 0 amide bonds. The van der Waals surface area contributed by atoms with Crippen molar-refractivity contribution >= 4 is 17.3 Å². The van der Waals surface area contributed by atoms with Crippen LogP contribution in [0.1, 0.15) is 30.2 Å². The zero-order valence-electron chi connectivity index (χ0n) is 15.3. The first-order valence-corrected chi connectivity index (χ1v) is 9.89. The van der Waals surface area contributed by atoms with Gasteiger partial charge in [0, 0.05) is 43.8 Å². The van der Waals surface area contributed by atoms with Crippen molar-refractivity contribution < 1.29 is 0 Å². The molecule has 2 rings (SSSR count). The normalized spacial score (nSPS) is 17.7. The Kier molecular flexibility index (Phi) is 8.49. The monoisotopic (exact) mass is 352 g/mol. The van der Waals surface area contributed by atoms with Crippen LogP contribution in [0.2, 0.25) is 0 Å². The smallest absolute Gasteiger partial charge is 0.191 e. The molecule has 0 atom stereocenters. The Morgan fingerprint density at radius 2 is 2.12 bits per heavy atom. The van der Waals surface area contributed by atoms with Crippen LogP contribution in [0.3, 0.4) is 0 Å². The number of aliphatic imine (C=N–C) groups is 1. The second-order valence-electron chi connectivity index (χ2n) is 6.19. The van der Waals surface area contributed by atoms with Crippen LogP contribution in [0.15, 0.2) is 11.2 Å². The van der Waals surface area contributed by atoms with Gasteiger partial charge in [-0.25, -0.2) is 9.98 Å². The number of guanidine groups is 1. The maximum atomic E-state index is 4.66. The van der Waals surface area contributed by atoms with Crippen LogP contribution in [-0.2, 0) is 13.0 Å². The number of hydrogen-bond acceptors (Lipinski definition) is 5. The number of aryl methyl sites for hydroxylation is 1. The van der Waals surface area contributed by atoms with E-state index in [9.17, 15) is 0 Å². The Balaban J connectivity index is 1.76. The number of likely N-dealkylation sites (N-methyl/N-ethyl adjacent to an activating group) is 1. The minimum absolute atomic E-state index is 0.647. The van der Waals surface area contributed by atoms with Gasteiger partial charge < -0.3 is 20.4 Å². The second kappa shape index (κ2) is 10.6. The lowest BCUT2D eigenvalue weighted by Gasteiger charge is -2.21. The Bertz CT molecular complexity index is 501. The van der Waals surface area contributed by atoms with Gasteiger partial charge in [-0.3, -0.25) is 0 Å². The molecule has 1 saturated heterocycles. The minimum atomic E-state index is 0.647. The van der Waals surface area contributed by atoms with E-state index >= 15 is 0 Å². The Labute approximate surface area is 150 Å². The molecule has 0 radical (unpaired) electrons. The fraction of sp³-hybridized carbons (Fsp3) is 0.765. The Morgan fingerprint density at radius 1 is 1.25 bits per heavy atom. The molecule has 1 aliphatic rings. The number of thiazole rings is 1. The molecule has 24 heavy (non-hydrogen) atoms. The van der Waals surface area contributed by atoms with Crippen LogP contribution >= 0.6 is 11.3 Å². The lowest BCUT2D eigenvalue weighted by molar-refractivity contribution is 0.280. The highest BCUT2D eigenvalue weighted by Gasteiger charge is 2.11. The third-order valence-electron chi connectivity index (χ3n) is 4.20. The summed E-state index contributed by atoms with van der Waals surface area (Å²) >= 11 is 1.76. The standard InChI is InChI=1S/C17H32N6S/c1-4-15-13-20-16(24-15)14-21-17(18-5-2)19-7-10-23-9-6-8-22(3)11-12-23/h13H,4-12,14H2,1-3H3,(H2,18,19,21). The largest absolute Gasteiger partial charge is 0.357 e. The highest BCUT2D eigenvalue weighted by molar-refractivity contribution is 7.11. The molecule has 2 heterocycles. The fourth-order valence-corrected chi connectivity index (χ4v) is 3.52. The van der Waals surface area contributed by atoms with Crippen molar-refractivity contribution in [3.05, 3.63) is 16.1 Å². The molecule has 1 fully saturated rings. The summed E-state index contributed by atoms with van der Waals surface area (Å²) in [5, 5.41) is 7.85. The average molecular weight is 353 g/mol. The molecule has 1 aromatic rings. The highest BCUT2D eigenvalue weighted by atomic mass is 32.1. The summed E-state index contributed by atoms with van der Waals surface area (Å²) in [4.78, 5) is 15.4. The fourth-order valence-electron chi connectivity index (χ4n) is 2.73. The topological polar surface area (TPSA) is 55.8 Å². The highest BCUT2D eigenvalue weighted by Crippen LogP contribution is 2.13. The van der Waals surface area contributed by atoms with E-state index in [0.29, 0.717) is 6.54 Å². The summed E-state index contributed by atoms with van der Waals surface area (Å²) in [7, 11) is 2.21. The number of nitrogens with one attached hydrogen (secondary N) is 2. The summed E-state index contributed by atoms with van der Waals surface area (Å²) < 4.78 is 0. The van der Waals surface area contributed by atoms with Gasteiger partial charge in [0.2, 0.25) is 0 Å². The lowest BCUT2D eigenvalue weighted by atomic mass is 10.4. The van der Waals surface area contributed by atoms with E-state index in [2.05, 4.69) is 51.3 Å². The molecule has 1 aliphatic heterocycles. The van der Waals surface area contributed by atoms with Gasteiger partial charge in [-0.15, -0.1) is 11.3 Å². The van der Waals surface area contributed by atoms with Crippen molar-refractivity contribution in [1.29, 1.82) is 0 Å². The summed E-state index contributed by atoms with van der Waals surface area (Å²) in [5.41, 5.74) is 0. The van der Waals surface area contributed by atoms with E-state index in [1.54, 1.807) is 11.3 Å². The molecule has 0 aliphatic carbocycles. The van der Waals surface area contributed by atoms with Crippen molar-refractivity contribution in [2.75, 3.05) is 52.9 Å². The first-order valence-electron chi connectivity index (χ1n) is 9.08. The van der Waals surface area contributed by atoms with Gasteiger partial charge in [0.05, 0.1) is 6.54 Å². The van der Waals surface area contributed by atoms with Crippen LogP contribution in [0, 0.1) is 0 Å². The van der Waals surface area contributed by atoms with Crippen molar-refractivity contribution in [3.8, 4) is 0 Å². The van der Waals surface area contributed by atoms with Crippen molar-refractivity contribution in [3.63, 3.8) is 0 Å². The maximum absolute atomic E-state index is 4.66. The predicted molar refractivity (Wildman–Crippen MR) is 103 cm³/mol. The van der Waals surface area contributed by atoms with E-state index in [1.165, 1.54) is 24.4 Å². The number of hydrogen-bond donors (Lipinski definition) is 2. The van der Waals surface area contributed by atoms with Crippen LogP contribution in [0.5, 0.6) is 0 Å². The van der Waals surface area contributed by atoms with Gasteiger partial charge in [-0.1, -0.05) is 6.92 Å². The summed E-state index contributed by atoms with van der Waals surface area (Å²) in [6, 6.07) is 0. The third kappa shape index (κ3) is 6.75. The average Bonchev–Trinajstić information content (AvgIpc) is 2.95. The number of aromatic nitrogens is 1. The lowest BCUT2D eigenvalue weighted by Crippen LogP contribution is -2.42. The van der Waals surface area contributed by atoms with Gasteiger partial charge >= 0.3 is 0 Å². The molecule has 0 spiro atoms. The maximum Gasteiger partial charge on any atom is 0.191 e. The van der Waals surface area contributed by atoms with E-state index in [4.69, 9.17) is 0 Å². The van der Waals surface area contributed by atoms with Crippen LogP contribution in [-0.4, -0.2) is 73.6 Å². The van der Waals surface area contributed by atoms with Crippen LogP contribution in [0.4, 0.5) is 0 Å². The second-order valence-corrected chi connectivity index (χ2v) is 7.39. The third-order valence-corrected chi connectivity index (χ3v) is 5.33. The summed E-state index contributed by atoms with van der Waals surface area (Å²) in [6.07, 6.45) is 4.27. The van der Waals surface area contributed by atoms with E-state index in [1.807, 2.05) is 6.20 Å². The molecule has 0 aromatic carbocycles. The van der Waals surface area contributed by atoms with Crippen molar-refractivity contribution in [2.24, 2.45) is 4.99 Å². The first kappa shape index (κ1) is 19.1. The zero-order chi connectivity index (χ0) is 17.2. The molecule has 0 unspecified atom stereocenters. The van der Waals surface area contributed by atoms with Gasteiger partial charge in [0.15, 0.2) is 5.96 Å². The van der Waals surface area contributed by atoms with E-state index in [-0.39, 0.29) is 0 Å². The van der Waals surface area contributed by atoms with Crippen molar-refractivity contribution in [2.45, 2.75) is 33.2 Å². The van der Waals surface area contributed by atoms with Gasteiger partial charge in [0.1, 0.15) is 5.01 Å². The molecule has 7 heteroatoms. The van der Waals surface area contributed by atoms with E-state index < -0.39 is 0 Å². The molecular formula is C17H32N6S. The molecule has 2 N–H and O–H groups in total. The quantitative estimate of drug-likeness (QED) is 0.574. The molecule has 136 valence electrons. The SMILES string of the molecule is CCNC(=NCc1ncc(CC)s1)NCCN1CCCN(C)CC1. The minimum Gasteiger partial charge on any atom is -0.357 e. The predicted octanol–water partition coefficient (Wildman–Crippen LogP) is 1.40. The summed E-state index contributed by atoms with van der Waals surface area (Å²) in [6.45, 7) is 12.5. The molecule has 6 nitrogen and oxygen atoms in total. The Morgan fingerprint density at radius 3 is 2.88 bits per heavy atom. The van der Waals surface area contributed by atoms with Crippen molar-refractivity contribution in [1.82, 2.24) is 25.4 Å².